The molecule has 0 atom stereocenters. The number of nitrogens with zero attached hydrogens (tertiary/aromatic N) is 3. The lowest BCUT2D eigenvalue weighted by Gasteiger charge is -2.08. The molecule has 0 fully saturated rings. The third-order valence-electron chi connectivity index (χ3n) is 3.06. The molecule has 1 aromatic carbocycles. The molecule has 0 aliphatic carbocycles. The number of anilines is 2. The van der Waals surface area contributed by atoms with E-state index in [1.54, 1.807) is 13.4 Å². The highest BCUT2D eigenvalue weighted by Gasteiger charge is 2.08. The maximum Gasteiger partial charge on any atom is 0.226 e. The van der Waals surface area contributed by atoms with Gasteiger partial charge >= 0.3 is 0 Å². The Bertz CT molecular complexity index is 691. The Morgan fingerprint density at radius 2 is 2.00 bits per heavy atom. The van der Waals surface area contributed by atoms with Gasteiger partial charge < -0.3 is 15.6 Å². The summed E-state index contributed by atoms with van der Waals surface area (Å²) in [5.41, 5.74) is 2.78. The monoisotopic (exact) mass is 268 g/mol. The van der Waals surface area contributed by atoms with Crippen molar-refractivity contribution in [1.82, 2.24) is 19.9 Å². The van der Waals surface area contributed by atoms with Gasteiger partial charge in [-0.25, -0.2) is 4.98 Å². The molecule has 102 valence electrons. The van der Waals surface area contributed by atoms with E-state index < -0.39 is 0 Å². The minimum atomic E-state index is 0.562. The molecule has 0 unspecified atom stereocenters. The number of hydrogen-bond donors (Lipinski definition) is 3. The fraction of sp³-hybridized carbons (Fsp3) is 0.214. The molecule has 0 saturated heterocycles. The third kappa shape index (κ3) is 2.54. The molecule has 2 heterocycles. The number of rotatable bonds is 5. The number of hydrogen-bond acceptors (Lipinski definition) is 5. The first-order valence-corrected chi connectivity index (χ1v) is 6.53. The average Bonchev–Trinajstić information content (AvgIpc) is 2.96. The second-order valence-corrected chi connectivity index (χ2v) is 4.41. The number of fused-ring (bicyclic) bond motifs is 1. The van der Waals surface area contributed by atoms with E-state index in [-0.39, 0.29) is 0 Å². The van der Waals surface area contributed by atoms with Gasteiger partial charge in [0.2, 0.25) is 5.95 Å². The maximum atomic E-state index is 4.42. The van der Waals surface area contributed by atoms with Crippen LogP contribution in [0.1, 0.15) is 5.56 Å². The van der Waals surface area contributed by atoms with Gasteiger partial charge in [-0.1, -0.05) is 30.3 Å². The summed E-state index contributed by atoms with van der Waals surface area (Å²) in [6, 6.07) is 10.4. The smallest absolute Gasteiger partial charge is 0.226 e. The van der Waals surface area contributed by atoms with Gasteiger partial charge in [-0.05, 0) is 12.0 Å². The standard InChI is InChI=1S/C14H16N6/c1-15-14-19-12(11-13(20-14)18-9-17-11)16-8-7-10-5-3-2-4-6-10/h2-6,9H,7-8H2,1H3,(H3,15,16,17,18,19,20). The summed E-state index contributed by atoms with van der Waals surface area (Å²) >= 11 is 0. The molecule has 0 spiro atoms. The Morgan fingerprint density at radius 1 is 1.15 bits per heavy atom. The van der Waals surface area contributed by atoms with Gasteiger partial charge in [0.1, 0.15) is 5.52 Å². The fourth-order valence-electron chi connectivity index (χ4n) is 2.04. The molecule has 0 saturated carbocycles. The molecule has 0 aliphatic heterocycles. The quantitative estimate of drug-likeness (QED) is 0.660. The highest BCUT2D eigenvalue weighted by molar-refractivity contribution is 5.83. The normalized spacial score (nSPS) is 10.7. The summed E-state index contributed by atoms with van der Waals surface area (Å²) in [5, 5.41) is 6.28. The highest BCUT2D eigenvalue weighted by atomic mass is 15.2. The number of nitrogens with one attached hydrogen (secondary N) is 3. The topological polar surface area (TPSA) is 78.5 Å². The van der Waals surface area contributed by atoms with Gasteiger partial charge in [-0.2, -0.15) is 9.97 Å². The van der Waals surface area contributed by atoms with Crippen LogP contribution in [0.5, 0.6) is 0 Å². The molecule has 3 aromatic rings. The van der Waals surface area contributed by atoms with Crippen LogP contribution in [0, 0.1) is 0 Å². The molecule has 2 aromatic heterocycles. The number of benzene rings is 1. The minimum absolute atomic E-state index is 0.562. The zero-order chi connectivity index (χ0) is 13.8. The van der Waals surface area contributed by atoms with Gasteiger partial charge in [0.25, 0.3) is 0 Å². The van der Waals surface area contributed by atoms with Crippen molar-refractivity contribution in [2.24, 2.45) is 0 Å². The second kappa shape index (κ2) is 5.56. The summed E-state index contributed by atoms with van der Waals surface area (Å²) < 4.78 is 0. The predicted molar refractivity (Wildman–Crippen MR) is 79.9 cm³/mol. The second-order valence-electron chi connectivity index (χ2n) is 4.41. The number of imidazole rings is 1. The molecule has 6 nitrogen and oxygen atoms in total. The summed E-state index contributed by atoms with van der Waals surface area (Å²) in [6.45, 7) is 0.804. The van der Waals surface area contributed by atoms with Crippen LogP contribution in [0.25, 0.3) is 11.2 Å². The summed E-state index contributed by atoms with van der Waals surface area (Å²) in [7, 11) is 1.79. The van der Waals surface area contributed by atoms with Crippen LogP contribution in [-0.4, -0.2) is 33.5 Å². The van der Waals surface area contributed by atoms with Gasteiger partial charge in [0.15, 0.2) is 11.5 Å². The maximum absolute atomic E-state index is 4.42. The summed E-state index contributed by atoms with van der Waals surface area (Å²) in [6.07, 6.45) is 2.57. The van der Waals surface area contributed by atoms with Crippen LogP contribution in [0.2, 0.25) is 0 Å². The number of aromatic amines is 1. The van der Waals surface area contributed by atoms with Crippen LogP contribution in [0.4, 0.5) is 11.8 Å². The van der Waals surface area contributed by atoms with Crippen molar-refractivity contribution in [2.75, 3.05) is 24.2 Å². The zero-order valence-electron chi connectivity index (χ0n) is 11.2. The first kappa shape index (κ1) is 12.4. The van der Waals surface area contributed by atoms with E-state index in [0.717, 1.165) is 24.3 Å². The Hall–Kier alpha value is -2.63. The van der Waals surface area contributed by atoms with E-state index >= 15 is 0 Å². The Morgan fingerprint density at radius 3 is 2.80 bits per heavy atom. The van der Waals surface area contributed by atoms with Crippen molar-refractivity contribution in [2.45, 2.75) is 6.42 Å². The third-order valence-corrected chi connectivity index (χ3v) is 3.06. The van der Waals surface area contributed by atoms with E-state index in [2.05, 4.69) is 42.7 Å². The van der Waals surface area contributed by atoms with Crippen LogP contribution in [0.3, 0.4) is 0 Å². The van der Waals surface area contributed by atoms with Crippen LogP contribution in [-0.2, 0) is 6.42 Å². The Kier molecular flexibility index (Phi) is 3.45. The van der Waals surface area contributed by atoms with Gasteiger partial charge in [0, 0.05) is 13.6 Å². The van der Waals surface area contributed by atoms with E-state index in [1.165, 1.54) is 5.56 Å². The van der Waals surface area contributed by atoms with Crippen molar-refractivity contribution >= 4 is 22.9 Å². The van der Waals surface area contributed by atoms with Gasteiger partial charge in [0.05, 0.1) is 6.33 Å². The average molecular weight is 268 g/mol. The molecule has 0 bridgehead atoms. The lowest BCUT2D eigenvalue weighted by atomic mass is 10.1. The van der Waals surface area contributed by atoms with Gasteiger partial charge in [-0.15, -0.1) is 0 Å². The molecule has 0 amide bonds. The first-order valence-electron chi connectivity index (χ1n) is 6.53. The Balaban J connectivity index is 1.75. The zero-order valence-corrected chi connectivity index (χ0v) is 11.2. The van der Waals surface area contributed by atoms with E-state index in [9.17, 15) is 0 Å². The Labute approximate surface area is 116 Å². The molecule has 3 rings (SSSR count). The fourth-order valence-corrected chi connectivity index (χ4v) is 2.04. The molecule has 0 aliphatic rings. The van der Waals surface area contributed by atoms with E-state index in [0.29, 0.717) is 11.6 Å². The van der Waals surface area contributed by atoms with E-state index in [1.807, 2.05) is 18.2 Å². The molecule has 3 N–H and O–H groups in total. The lowest BCUT2D eigenvalue weighted by molar-refractivity contribution is 1.00. The SMILES string of the molecule is CNc1nc(NCCc2ccccc2)c2[nH]cnc2n1. The number of H-pyrrole nitrogens is 1. The van der Waals surface area contributed by atoms with Crippen LogP contribution >= 0.6 is 0 Å². The lowest BCUT2D eigenvalue weighted by Crippen LogP contribution is -2.08. The van der Waals surface area contributed by atoms with Crippen molar-refractivity contribution in [3.05, 3.63) is 42.2 Å². The molecular weight excluding hydrogens is 252 g/mol. The summed E-state index contributed by atoms with van der Waals surface area (Å²) in [4.78, 5) is 15.9. The predicted octanol–water partition coefficient (Wildman–Crippen LogP) is 2.05. The van der Waals surface area contributed by atoms with Crippen molar-refractivity contribution in [3.8, 4) is 0 Å². The highest BCUT2D eigenvalue weighted by Crippen LogP contribution is 2.18. The van der Waals surface area contributed by atoms with Crippen LogP contribution < -0.4 is 10.6 Å². The van der Waals surface area contributed by atoms with E-state index in [4.69, 9.17) is 0 Å². The minimum Gasteiger partial charge on any atom is -0.368 e. The molecule has 20 heavy (non-hydrogen) atoms. The molecular formula is C14H16N6. The molecule has 0 radical (unpaired) electrons. The van der Waals surface area contributed by atoms with Gasteiger partial charge in [-0.3, -0.25) is 0 Å². The van der Waals surface area contributed by atoms with Crippen molar-refractivity contribution in [1.29, 1.82) is 0 Å². The summed E-state index contributed by atoms with van der Waals surface area (Å²) in [5.74, 6) is 1.33. The molecule has 6 heteroatoms. The largest absolute Gasteiger partial charge is 0.368 e. The van der Waals surface area contributed by atoms with Crippen LogP contribution in [0.15, 0.2) is 36.7 Å². The number of aromatic nitrogens is 4. The first-order chi connectivity index (χ1) is 9.86. The van der Waals surface area contributed by atoms with Crippen molar-refractivity contribution in [3.63, 3.8) is 0 Å². The van der Waals surface area contributed by atoms with Crippen molar-refractivity contribution < 1.29 is 0 Å².